The molecule has 0 aliphatic carbocycles. The van der Waals surface area contributed by atoms with Crippen LogP contribution < -0.4 is 5.73 Å². The van der Waals surface area contributed by atoms with E-state index in [4.69, 9.17) is 5.73 Å². The Balaban J connectivity index is 0.00000210. The van der Waals surface area contributed by atoms with Gasteiger partial charge >= 0.3 is 0 Å². The molecule has 2 heterocycles. The summed E-state index contributed by atoms with van der Waals surface area (Å²) in [5, 5.41) is 8.68. The molecule has 7 heteroatoms. The first kappa shape index (κ1) is 19.9. The second-order valence-corrected chi connectivity index (χ2v) is 7.75. The van der Waals surface area contributed by atoms with E-state index in [1.807, 2.05) is 22.6 Å². The number of pyridine rings is 1. The molecular formula is C20H19BrN4S2. The quantitative estimate of drug-likeness (QED) is 0.410. The first-order valence-electron chi connectivity index (χ1n) is 8.23. The fraction of sp³-hybridized carbons (Fsp3) is 0.100. The molecule has 2 aromatic carbocycles. The SMILES string of the molecule is Br.CSc1ccc(-c2nnc3ccc(Sc4ccccc4CN)cn23)cc1. The summed E-state index contributed by atoms with van der Waals surface area (Å²) in [6.45, 7) is 0.533. The molecule has 0 saturated heterocycles. The van der Waals surface area contributed by atoms with Crippen molar-refractivity contribution in [2.45, 2.75) is 21.2 Å². The molecule has 0 fully saturated rings. The summed E-state index contributed by atoms with van der Waals surface area (Å²) in [6.07, 6.45) is 4.16. The molecule has 0 amide bonds. The highest BCUT2D eigenvalue weighted by molar-refractivity contribution is 8.93. The number of fused-ring (bicyclic) bond motifs is 1. The molecular weight excluding hydrogens is 440 g/mol. The summed E-state index contributed by atoms with van der Waals surface area (Å²) in [6, 6.07) is 20.7. The highest BCUT2D eigenvalue weighted by Crippen LogP contribution is 2.31. The average molecular weight is 459 g/mol. The third-order valence-electron chi connectivity index (χ3n) is 4.14. The van der Waals surface area contributed by atoms with E-state index in [2.05, 4.69) is 65.1 Å². The number of hydrogen-bond acceptors (Lipinski definition) is 5. The van der Waals surface area contributed by atoms with Gasteiger partial charge in [0.2, 0.25) is 0 Å². The van der Waals surface area contributed by atoms with Crippen LogP contribution in [0.2, 0.25) is 0 Å². The Hall–Kier alpha value is -1.80. The summed E-state index contributed by atoms with van der Waals surface area (Å²) < 4.78 is 2.04. The van der Waals surface area contributed by atoms with Gasteiger partial charge in [-0.15, -0.1) is 38.9 Å². The number of nitrogens with zero attached hydrogens (tertiary/aromatic N) is 3. The van der Waals surface area contributed by atoms with Crippen molar-refractivity contribution < 1.29 is 0 Å². The molecule has 2 N–H and O–H groups in total. The van der Waals surface area contributed by atoms with E-state index in [1.54, 1.807) is 23.5 Å². The van der Waals surface area contributed by atoms with Gasteiger partial charge in [-0.2, -0.15) is 0 Å². The Morgan fingerprint density at radius 3 is 2.41 bits per heavy atom. The number of nitrogens with two attached hydrogens (primary N) is 1. The van der Waals surface area contributed by atoms with Crippen LogP contribution in [-0.2, 0) is 6.54 Å². The lowest BCUT2D eigenvalue weighted by molar-refractivity contribution is 1.03. The predicted molar refractivity (Wildman–Crippen MR) is 119 cm³/mol. The first-order chi connectivity index (χ1) is 12.8. The number of aromatic nitrogens is 3. The molecule has 0 bridgehead atoms. The van der Waals surface area contributed by atoms with Gasteiger partial charge in [-0.1, -0.05) is 42.1 Å². The Morgan fingerprint density at radius 2 is 1.67 bits per heavy atom. The van der Waals surface area contributed by atoms with E-state index >= 15 is 0 Å². The summed E-state index contributed by atoms with van der Waals surface area (Å²) in [4.78, 5) is 3.53. The minimum atomic E-state index is 0. The van der Waals surface area contributed by atoms with Crippen LogP contribution in [0.15, 0.2) is 81.5 Å². The van der Waals surface area contributed by atoms with Gasteiger partial charge in [-0.05, 0) is 42.2 Å². The second kappa shape index (κ2) is 8.93. The van der Waals surface area contributed by atoms with E-state index < -0.39 is 0 Å². The van der Waals surface area contributed by atoms with Gasteiger partial charge in [0.25, 0.3) is 0 Å². The maximum absolute atomic E-state index is 5.86. The molecule has 0 radical (unpaired) electrons. The van der Waals surface area contributed by atoms with Gasteiger partial charge in [0.1, 0.15) is 0 Å². The van der Waals surface area contributed by atoms with Crippen LogP contribution in [0.3, 0.4) is 0 Å². The Kier molecular flexibility index (Phi) is 6.59. The Labute approximate surface area is 177 Å². The molecule has 0 spiro atoms. The maximum atomic E-state index is 5.86. The summed E-state index contributed by atoms with van der Waals surface area (Å²) in [7, 11) is 0. The van der Waals surface area contributed by atoms with E-state index in [-0.39, 0.29) is 17.0 Å². The number of benzene rings is 2. The van der Waals surface area contributed by atoms with Crippen molar-refractivity contribution in [3.8, 4) is 11.4 Å². The van der Waals surface area contributed by atoms with Crippen LogP contribution in [0.5, 0.6) is 0 Å². The second-order valence-electron chi connectivity index (χ2n) is 5.76. The number of halogens is 1. The third-order valence-corrected chi connectivity index (χ3v) is 5.98. The molecule has 138 valence electrons. The van der Waals surface area contributed by atoms with E-state index in [0.29, 0.717) is 6.54 Å². The minimum absolute atomic E-state index is 0. The monoisotopic (exact) mass is 458 g/mol. The van der Waals surface area contributed by atoms with Crippen LogP contribution in [0.1, 0.15) is 5.56 Å². The summed E-state index contributed by atoms with van der Waals surface area (Å²) in [5.41, 5.74) is 8.90. The summed E-state index contributed by atoms with van der Waals surface area (Å²) in [5.74, 6) is 0.849. The van der Waals surface area contributed by atoms with Crippen molar-refractivity contribution in [1.82, 2.24) is 14.6 Å². The maximum Gasteiger partial charge on any atom is 0.168 e. The van der Waals surface area contributed by atoms with Crippen molar-refractivity contribution in [3.63, 3.8) is 0 Å². The van der Waals surface area contributed by atoms with Gasteiger partial charge < -0.3 is 5.73 Å². The van der Waals surface area contributed by atoms with Crippen molar-refractivity contribution in [1.29, 1.82) is 0 Å². The standard InChI is InChI=1S/C20H18N4S2.BrH/c1-25-16-8-6-14(7-9-16)20-23-22-19-11-10-17(13-24(19)20)26-18-5-3-2-4-15(18)12-21;/h2-11,13H,12,21H2,1H3;1H. The number of rotatable bonds is 5. The first-order valence-corrected chi connectivity index (χ1v) is 10.3. The van der Waals surface area contributed by atoms with Crippen LogP contribution in [0.4, 0.5) is 0 Å². The zero-order valence-electron chi connectivity index (χ0n) is 14.7. The number of thioether (sulfide) groups is 1. The molecule has 4 nitrogen and oxygen atoms in total. The fourth-order valence-corrected chi connectivity index (χ4v) is 4.15. The van der Waals surface area contributed by atoms with Gasteiger partial charge in [0, 0.05) is 33.0 Å². The molecule has 0 saturated carbocycles. The molecule has 0 aliphatic heterocycles. The van der Waals surface area contributed by atoms with Crippen molar-refractivity contribution in [3.05, 3.63) is 72.4 Å². The molecule has 0 aliphatic rings. The zero-order chi connectivity index (χ0) is 17.9. The van der Waals surface area contributed by atoms with Crippen LogP contribution >= 0.6 is 40.5 Å². The molecule has 4 aromatic rings. The molecule has 2 aromatic heterocycles. The Bertz CT molecular complexity index is 1050. The lowest BCUT2D eigenvalue weighted by Crippen LogP contribution is -1.97. The largest absolute Gasteiger partial charge is 0.326 e. The third kappa shape index (κ3) is 4.21. The van der Waals surface area contributed by atoms with Crippen LogP contribution in [0, 0.1) is 0 Å². The lowest BCUT2D eigenvalue weighted by Gasteiger charge is -2.08. The zero-order valence-corrected chi connectivity index (χ0v) is 18.0. The minimum Gasteiger partial charge on any atom is -0.326 e. The highest BCUT2D eigenvalue weighted by atomic mass is 79.9. The highest BCUT2D eigenvalue weighted by Gasteiger charge is 2.10. The Morgan fingerprint density at radius 1 is 0.926 bits per heavy atom. The van der Waals surface area contributed by atoms with Gasteiger partial charge in [-0.25, -0.2) is 0 Å². The smallest absolute Gasteiger partial charge is 0.168 e. The van der Waals surface area contributed by atoms with E-state index in [1.165, 1.54) is 9.79 Å². The topological polar surface area (TPSA) is 56.2 Å². The summed E-state index contributed by atoms with van der Waals surface area (Å²) >= 11 is 3.44. The van der Waals surface area contributed by atoms with Gasteiger partial charge in [0.05, 0.1) is 0 Å². The van der Waals surface area contributed by atoms with Crippen LogP contribution in [0.25, 0.3) is 17.0 Å². The van der Waals surface area contributed by atoms with Crippen molar-refractivity contribution in [2.24, 2.45) is 5.73 Å². The van der Waals surface area contributed by atoms with Gasteiger partial charge in [-0.3, -0.25) is 4.40 Å². The number of hydrogen-bond donors (Lipinski definition) is 1. The normalized spacial score (nSPS) is 10.7. The van der Waals surface area contributed by atoms with Crippen LogP contribution in [-0.4, -0.2) is 20.9 Å². The van der Waals surface area contributed by atoms with Crippen molar-refractivity contribution >= 4 is 46.2 Å². The van der Waals surface area contributed by atoms with E-state index in [9.17, 15) is 0 Å². The molecule has 4 rings (SSSR count). The molecule has 0 atom stereocenters. The predicted octanol–water partition coefficient (Wildman–Crippen LogP) is 5.31. The fourth-order valence-electron chi connectivity index (χ4n) is 2.77. The molecule has 0 unspecified atom stereocenters. The lowest BCUT2D eigenvalue weighted by atomic mass is 10.2. The van der Waals surface area contributed by atoms with Gasteiger partial charge in [0.15, 0.2) is 11.5 Å². The van der Waals surface area contributed by atoms with E-state index in [0.717, 1.165) is 27.5 Å². The average Bonchev–Trinajstić information content (AvgIpc) is 3.12. The molecule has 27 heavy (non-hydrogen) atoms. The van der Waals surface area contributed by atoms with Crippen molar-refractivity contribution in [2.75, 3.05) is 6.26 Å².